The van der Waals surface area contributed by atoms with E-state index in [0.29, 0.717) is 5.56 Å². The molecular formula is C13H19NO5S. The molecule has 0 radical (unpaired) electrons. The molecule has 0 spiro atoms. The zero-order valence-electron chi connectivity index (χ0n) is 11.5. The average molecular weight is 301 g/mol. The van der Waals surface area contributed by atoms with Crippen molar-refractivity contribution in [2.24, 2.45) is 5.73 Å². The van der Waals surface area contributed by atoms with Crippen LogP contribution in [0.3, 0.4) is 0 Å². The normalized spacial score (nSPS) is 13.2. The number of hydrogen-bond donors (Lipinski definition) is 3. The Balaban J connectivity index is 3.10. The lowest BCUT2D eigenvalue weighted by Gasteiger charge is -2.15. The van der Waals surface area contributed by atoms with Gasteiger partial charge in [0, 0.05) is 0 Å². The highest BCUT2D eigenvalue weighted by Gasteiger charge is 2.17. The number of rotatable bonds is 6. The second kappa shape index (κ2) is 6.34. The molecule has 0 bridgehead atoms. The summed E-state index contributed by atoms with van der Waals surface area (Å²) >= 11 is 0. The summed E-state index contributed by atoms with van der Waals surface area (Å²) < 4.78 is 30.6. The van der Waals surface area contributed by atoms with Crippen molar-refractivity contribution in [3.05, 3.63) is 34.4 Å². The van der Waals surface area contributed by atoms with Crippen molar-refractivity contribution in [2.75, 3.05) is 5.75 Å². The predicted molar refractivity (Wildman–Crippen MR) is 75.4 cm³/mol. The second-order valence-corrected chi connectivity index (χ2v) is 6.48. The van der Waals surface area contributed by atoms with Crippen molar-refractivity contribution < 1.29 is 22.9 Å². The first kappa shape index (κ1) is 16.6. The lowest BCUT2D eigenvalue weighted by molar-refractivity contribution is -0.138. The Morgan fingerprint density at radius 2 is 1.95 bits per heavy atom. The minimum absolute atomic E-state index is 0.124. The third kappa shape index (κ3) is 4.92. The zero-order valence-corrected chi connectivity index (χ0v) is 12.3. The van der Waals surface area contributed by atoms with E-state index >= 15 is 0 Å². The number of aliphatic carboxylic acids is 1. The first-order valence-electron chi connectivity index (χ1n) is 6.12. The Hall–Kier alpha value is -1.44. The summed E-state index contributed by atoms with van der Waals surface area (Å²) in [6.45, 7) is 3.69. The molecule has 1 rings (SSSR count). The Kier molecular flexibility index (Phi) is 5.27. The largest absolute Gasteiger partial charge is 0.480 e. The quantitative estimate of drug-likeness (QED) is 0.665. The third-order valence-corrected chi connectivity index (χ3v) is 3.80. The van der Waals surface area contributed by atoms with Gasteiger partial charge in [-0.05, 0) is 43.4 Å². The SMILES string of the molecule is Cc1cc(C)c(CCS(=O)(=O)O)c(C[C@H](N)C(=O)O)c1. The van der Waals surface area contributed by atoms with E-state index in [1.165, 1.54) is 0 Å². The number of nitrogens with two attached hydrogens (primary N) is 1. The van der Waals surface area contributed by atoms with Gasteiger partial charge >= 0.3 is 5.97 Å². The van der Waals surface area contributed by atoms with Gasteiger partial charge in [0.1, 0.15) is 6.04 Å². The maximum Gasteiger partial charge on any atom is 0.320 e. The van der Waals surface area contributed by atoms with Crippen LogP contribution in [0.4, 0.5) is 0 Å². The first-order chi connectivity index (χ1) is 9.10. The fourth-order valence-corrected chi connectivity index (χ4v) is 2.64. The summed E-state index contributed by atoms with van der Waals surface area (Å²) in [6.07, 6.45) is 0.255. The molecule has 20 heavy (non-hydrogen) atoms. The monoisotopic (exact) mass is 301 g/mol. The molecule has 0 unspecified atom stereocenters. The third-order valence-electron chi connectivity index (χ3n) is 3.08. The van der Waals surface area contributed by atoms with E-state index in [-0.39, 0.29) is 12.8 Å². The molecule has 0 aliphatic carbocycles. The highest BCUT2D eigenvalue weighted by atomic mass is 32.2. The van der Waals surface area contributed by atoms with Gasteiger partial charge < -0.3 is 10.8 Å². The molecule has 0 heterocycles. The Labute approximate surface area is 118 Å². The van der Waals surface area contributed by atoms with Gasteiger partial charge in [0.15, 0.2) is 0 Å². The number of hydrogen-bond acceptors (Lipinski definition) is 4. The molecule has 0 aromatic heterocycles. The lowest BCUT2D eigenvalue weighted by atomic mass is 9.93. The Bertz CT molecular complexity index is 609. The van der Waals surface area contributed by atoms with Crippen LogP contribution in [0.5, 0.6) is 0 Å². The molecule has 0 fully saturated rings. The molecule has 0 saturated carbocycles. The van der Waals surface area contributed by atoms with E-state index in [2.05, 4.69) is 0 Å². The standard InChI is InChI=1S/C13H19NO5S/c1-8-5-9(2)11(3-4-20(17,18)19)10(6-8)7-12(14)13(15)16/h5-6,12H,3-4,7,14H2,1-2H3,(H,15,16)(H,17,18,19)/t12-/m0/s1. The van der Waals surface area contributed by atoms with Gasteiger partial charge in [0.05, 0.1) is 5.75 Å². The van der Waals surface area contributed by atoms with Crippen molar-refractivity contribution in [1.82, 2.24) is 0 Å². The fourth-order valence-electron chi connectivity index (χ4n) is 2.18. The van der Waals surface area contributed by atoms with E-state index < -0.39 is 27.9 Å². The molecule has 1 aromatic carbocycles. The topological polar surface area (TPSA) is 118 Å². The molecule has 0 amide bonds. The highest BCUT2D eigenvalue weighted by molar-refractivity contribution is 7.85. The summed E-state index contributed by atoms with van der Waals surface area (Å²) in [5.74, 6) is -1.50. The summed E-state index contributed by atoms with van der Waals surface area (Å²) in [4.78, 5) is 10.8. The van der Waals surface area contributed by atoms with Gasteiger partial charge in [-0.2, -0.15) is 8.42 Å². The van der Waals surface area contributed by atoms with Crippen LogP contribution >= 0.6 is 0 Å². The predicted octanol–water partition coefficient (Wildman–Crippen LogP) is 0.688. The highest BCUT2D eigenvalue weighted by Crippen LogP contribution is 2.20. The molecule has 1 atom stereocenters. The molecule has 7 heteroatoms. The average Bonchev–Trinajstić information content (AvgIpc) is 2.25. The van der Waals surface area contributed by atoms with Crippen molar-refractivity contribution in [1.29, 1.82) is 0 Å². The van der Waals surface area contributed by atoms with Gasteiger partial charge in [-0.1, -0.05) is 17.7 Å². The zero-order chi connectivity index (χ0) is 15.5. The maximum absolute atomic E-state index is 10.9. The summed E-state index contributed by atoms with van der Waals surface area (Å²) in [7, 11) is -4.06. The van der Waals surface area contributed by atoms with Crippen molar-refractivity contribution in [2.45, 2.75) is 32.7 Å². The van der Waals surface area contributed by atoms with Gasteiger partial charge in [-0.15, -0.1) is 0 Å². The van der Waals surface area contributed by atoms with E-state index in [4.69, 9.17) is 15.4 Å². The minimum atomic E-state index is -4.06. The van der Waals surface area contributed by atoms with Crippen molar-refractivity contribution in [3.63, 3.8) is 0 Å². The van der Waals surface area contributed by atoms with Crippen molar-refractivity contribution in [3.8, 4) is 0 Å². The summed E-state index contributed by atoms with van der Waals surface area (Å²) in [5, 5.41) is 8.87. The van der Waals surface area contributed by atoms with Crippen LogP contribution in [0.15, 0.2) is 12.1 Å². The fraction of sp³-hybridized carbons (Fsp3) is 0.462. The van der Waals surface area contributed by atoms with Crippen LogP contribution in [0.2, 0.25) is 0 Å². The van der Waals surface area contributed by atoms with E-state index in [0.717, 1.165) is 16.7 Å². The van der Waals surface area contributed by atoms with Gasteiger partial charge in [0.2, 0.25) is 0 Å². The molecule has 1 aromatic rings. The van der Waals surface area contributed by atoms with Crippen LogP contribution in [0, 0.1) is 13.8 Å². The van der Waals surface area contributed by atoms with Gasteiger partial charge in [0.25, 0.3) is 10.1 Å². The molecule has 112 valence electrons. The number of carboxylic acid groups (broad SMARTS) is 1. The maximum atomic E-state index is 10.9. The number of carbonyl (C=O) groups is 1. The van der Waals surface area contributed by atoms with Crippen LogP contribution in [0.25, 0.3) is 0 Å². The number of benzene rings is 1. The molecular weight excluding hydrogens is 282 g/mol. The van der Waals surface area contributed by atoms with Gasteiger partial charge in [-0.25, -0.2) is 0 Å². The van der Waals surface area contributed by atoms with Crippen molar-refractivity contribution >= 4 is 16.1 Å². The number of carboxylic acids is 1. The Morgan fingerprint density at radius 3 is 2.45 bits per heavy atom. The molecule has 6 nitrogen and oxygen atoms in total. The van der Waals surface area contributed by atoms with E-state index in [1.807, 2.05) is 19.9 Å². The van der Waals surface area contributed by atoms with Crippen LogP contribution in [0.1, 0.15) is 22.3 Å². The van der Waals surface area contributed by atoms with Crippen LogP contribution in [-0.2, 0) is 27.8 Å². The van der Waals surface area contributed by atoms with Crippen LogP contribution < -0.4 is 5.73 Å². The van der Waals surface area contributed by atoms with E-state index in [1.54, 1.807) is 6.07 Å². The number of aryl methyl sites for hydroxylation is 2. The molecule has 0 saturated heterocycles. The lowest BCUT2D eigenvalue weighted by Crippen LogP contribution is -2.32. The summed E-state index contributed by atoms with van der Waals surface area (Å²) in [5.41, 5.74) is 8.78. The smallest absolute Gasteiger partial charge is 0.320 e. The molecule has 0 aliphatic rings. The van der Waals surface area contributed by atoms with E-state index in [9.17, 15) is 13.2 Å². The second-order valence-electron chi connectivity index (χ2n) is 4.90. The van der Waals surface area contributed by atoms with Gasteiger partial charge in [-0.3, -0.25) is 9.35 Å². The minimum Gasteiger partial charge on any atom is -0.480 e. The molecule has 0 aliphatic heterocycles. The summed E-state index contributed by atoms with van der Waals surface area (Å²) in [6, 6.07) is 2.64. The first-order valence-corrected chi connectivity index (χ1v) is 7.73. The molecule has 4 N–H and O–H groups in total. The van der Waals surface area contributed by atoms with Crippen LogP contribution in [-0.4, -0.2) is 35.8 Å². The Morgan fingerprint density at radius 1 is 1.35 bits per heavy atom.